The molecule has 0 aliphatic carbocycles. The fourth-order valence-corrected chi connectivity index (χ4v) is 8.47. The van der Waals surface area contributed by atoms with E-state index in [1.165, 1.54) is 70.4 Å². The third kappa shape index (κ3) is 5.27. The molecule has 50 heavy (non-hydrogen) atoms. The molecule has 0 aliphatic heterocycles. The molecule has 9 aromatic rings. The number of para-hydroxylation sites is 2. The standard InChI is InChI=1S/C48H33NS/c1-3-18-34(19-4-1)36-22-7-8-24-38(36)39-25-9-10-26-40(39)41-27-12-15-31-45(41)49(44-30-14-11-23-37(44)35-20-5-2-6-21-35)46-32-17-29-43-42-28-13-16-33-47(42)50-48(43)46/h1-33H. The maximum Gasteiger partial charge on any atom is 0.0640 e. The van der Waals surface area contributed by atoms with Gasteiger partial charge in [-0.1, -0.05) is 176 Å². The van der Waals surface area contributed by atoms with E-state index in [0.29, 0.717) is 0 Å². The third-order valence-electron chi connectivity index (χ3n) is 9.52. The van der Waals surface area contributed by atoms with Gasteiger partial charge in [-0.25, -0.2) is 0 Å². The highest BCUT2D eigenvalue weighted by atomic mass is 32.1. The molecule has 2 heteroatoms. The molecule has 0 N–H and O–H groups in total. The minimum absolute atomic E-state index is 1.13. The number of rotatable bonds is 7. The highest BCUT2D eigenvalue weighted by molar-refractivity contribution is 7.26. The minimum Gasteiger partial charge on any atom is -0.308 e. The van der Waals surface area contributed by atoms with Crippen molar-refractivity contribution in [2.75, 3.05) is 4.90 Å². The van der Waals surface area contributed by atoms with Crippen molar-refractivity contribution in [3.8, 4) is 44.5 Å². The van der Waals surface area contributed by atoms with Gasteiger partial charge >= 0.3 is 0 Å². The smallest absolute Gasteiger partial charge is 0.0640 e. The molecule has 1 aromatic heterocycles. The zero-order valence-corrected chi connectivity index (χ0v) is 28.2. The Balaban J connectivity index is 1.33. The summed E-state index contributed by atoms with van der Waals surface area (Å²) in [7, 11) is 0. The van der Waals surface area contributed by atoms with E-state index in [-0.39, 0.29) is 0 Å². The van der Waals surface area contributed by atoms with E-state index in [2.05, 4.69) is 205 Å². The van der Waals surface area contributed by atoms with Gasteiger partial charge in [0.2, 0.25) is 0 Å². The van der Waals surface area contributed by atoms with Gasteiger partial charge in [0.25, 0.3) is 0 Å². The van der Waals surface area contributed by atoms with Crippen LogP contribution in [0, 0.1) is 0 Å². The van der Waals surface area contributed by atoms with Gasteiger partial charge in [0.05, 0.1) is 21.8 Å². The van der Waals surface area contributed by atoms with Gasteiger partial charge in [0.15, 0.2) is 0 Å². The van der Waals surface area contributed by atoms with E-state index in [4.69, 9.17) is 0 Å². The molecule has 0 aliphatic rings. The minimum atomic E-state index is 1.13. The van der Waals surface area contributed by atoms with Crippen molar-refractivity contribution in [3.05, 3.63) is 200 Å². The van der Waals surface area contributed by atoms with Crippen LogP contribution in [0.5, 0.6) is 0 Å². The molecule has 0 saturated heterocycles. The van der Waals surface area contributed by atoms with Crippen molar-refractivity contribution in [2.45, 2.75) is 0 Å². The summed E-state index contributed by atoms with van der Waals surface area (Å²) in [6, 6.07) is 72.3. The van der Waals surface area contributed by atoms with Crippen LogP contribution in [0.1, 0.15) is 0 Å². The van der Waals surface area contributed by atoms with Crippen LogP contribution in [0.25, 0.3) is 64.7 Å². The Hall–Kier alpha value is -6.22. The molecule has 0 spiro atoms. The Labute approximate surface area is 297 Å². The first-order chi connectivity index (χ1) is 24.8. The van der Waals surface area contributed by atoms with E-state index in [0.717, 1.165) is 11.4 Å². The van der Waals surface area contributed by atoms with Crippen LogP contribution in [-0.2, 0) is 0 Å². The van der Waals surface area contributed by atoms with Crippen molar-refractivity contribution < 1.29 is 0 Å². The van der Waals surface area contributed by atoms with Crippen molar-refractivity contribution >= 4 is 48.6 Å². The maximum atomic E-state index is 2.50. The number of hydrogen-bond donors (Lipinski definition) is 0. The predicted molar refractivity (Wildman–Crippen MR) is 216 cm³/mol. The quantitative estimate of drug-likeness (QED) is 0.165. The third-order valence-corrected chi connectivity index (χ3v) is 10.7. The number of anilines is 3. The zero-order valence-electron chi connectivity index (χ0n) is 27.4. The Morgan fingerprint density at radius 3 is 1.38 bits per heavy atom. The first-order valence-corrected chi connectivity index (χ1v) is 17.8. The average molecular weight is 656 g/mol. The van der Waals surface area contributed by atoms with Crippen LogP contribution in [0.4, 0.5) is 17.1 Å². The lowest BCUT2D eigenvalue weighted by Gasteiger charge is -2.30. The second-order valence-corrected chi connectivity index (χ2v) is 13.5. The molecular formula is C48H33NS. The Kier molecular flexibility index (Phi) is 7.77. The molecule has 9 rings (SSSR count). The fraction of sp³-hybridized carbons (Fsp3) is 0. The van der Waals surface area contributed by atoms with Crippen molar-refractivity contribution in [3.63, 3.8) is 0 Å². The van der Waals surface area contributed by atoms with E-state index >= 15 is 0 Å². The molecule has 1 nitrogen and oxygen atoms in total. The maximum absolute atomic E-state index is 2.50. The monoisotopic (exact) mass is 655 g/mol. The summed E-state index contributed by atoms with van der Waals surface area (Å²) in [5.41, 5.74) is 13.0. The molecular weight excluding hydrogens is 623 g/mol. The Morgan fingerprint density at radius 2 is 0.700 bits per heavy atom. The van der Waals surface area contributed by atoms with Crippen molar-refractivity contribution in [2.24, 2.45) is 0 Å². The molecule has 236 valence electrons. The first kappa shape index (κ1) is 29.9. The number of thiophene rings is 1. The summed E-state index contributed by atoms with van der Waals surface area (Å²) in [5.74, 6) is 0. The molecule has 0 amide bonds. The van der Waals surface area contributed by atoms with Gasteiger partial charge < -0.3 is 4.90 Å². The van der Waals surface area contributed by atoms with Gasteiger partial charge in [0.1, 0.15) is 0 Å². The SMILES string of the molecule is c1ccc(-c2ccccc2-c2ccccc2-c2ccccc2N(c2ccccc2-c2ccccc2)c2cccc3c2sc2ccccc23)cc1. The van der Waals surface area contributed by atoms with Gasteiger partial charge in [-0.2, -0.15) is 0 Å². The Bertz CT molecular complexity index is 2600. The lowest BCUT2D eigenvalue weighted by atomic mass is 9.88. The molecule has 8 aromatic carbocycles. The van der Waals surface area contributed by atoms with Gasteiger partial charge in [0, 0.05) is 26.6 Å². The van der Waals surface area contributed by atoms with Crippen LogP contribution >= 0.6 is 11.3 Å². The molecule has 0 unspecified atom stereocenters. The largest absolute Gasteiger partial charge is 0.308 e. The second kappa shape index (κ2) is 13.0. The molecule has 0 bridgehead atoms. The second-order valence-electron chi connectivity index (χ2n) is 12.4. The number of hydrogen-bond acceptors (Lipinski definition) is 2. The summed E-state index contributed by atoms with van der Waals surface area (Å²) in [5, 5.41) is 2.57. The normalized spacial score (nSPS) is 11.2. The van der Waals surface area contributed by atoms with Crippen molar-refractivity contribution in [1.82, 2.24) is 0 Å². The van der Waals surface area contributed by atoms with E-state index in [1.54, 1.807) is 0 Å². The van der Waals surface area contributed by atoms with Gasteiger partial charge in [-0.05, 0) is 57.6 Å². The number of nitrogens with zero attached hydrogens (tertiary/aromatic N) is 1. The van der Waals surface area contributed by atoms with Crippen LogP contribution in [0.3, 0.4) is 0 Å². The summed E-state index contributed by atoms with van der Waals surface area (Å²) in [4.78, 5) is 2.50. The van der Waals surface area contributed by atoms with E-state index in [1.807, 2.05) is 11.3 Å². The molecule has 0 atom stereocenters. The van der Waals surface area contributed by atoms with Gasteiger partial charge in [-0.15, -0.1) is 11.3 Å². The number of fused-ring (bicyclic) bond motifs is 3. The lowest BCUT2D eigenvalue weighted by Crippen LogP contribution is -2.12. The van der Waals surface area contributed by atoms with Crippen LogP contribution in [0.2, 0.25) is 0 Å². The lowest BCUT2D eigenvalue weighted by molar-refractivity contribution is 1.30. The van der Waals surface area contributed by atoms with E-state index in [9.17, 15) is 0 Å². The van der Waals surface area contributed by atoms with Crippen LogP contribution in [-0.4, -0.2) is 0 Å². The predicted octanol–water partition coefficient (Wildman–Crippen LogP) is 14.2. The average Bonchev–Trinajstić information content (AvgIpc) is 3.59. The molecule has 1 heterocycles. The first-order valence-electron chi connectivity index (χ1n) is 17.0. The highest BCUT2D eigenvalue weighted by Gasteiger charge is 2.24. The molecule has 0 fully saturated rings. The summed E-state index contributed by atoms with van der Waals surface area (Å²) in [6.07, 6.45) is 0. The Morgan fingerprint density at radius 1 is 0.280 bits per heavy atom. The zero-order chi connectivity index (χ0) is 33.3. The topological polar surface area (TPSA) is 3.24 Å². The van der Waals surface area contributed by atoms with Gasteiger partial charge in [-0.3, -0.25) is 0 Å². The summed E-state index contributed by atoms with van der Waals surface area (Å²) in [6.45, 7) is 0. The summed E-state index contributed by atoms with van der Waals surface area (Å²) >= 11 is 1.87. The van der Waals surface area contributed by atoms with Crippen molar-refractivity contribution in [1.29, 1.82) is 0 Å². The molecule has 0 radical (unpaired) electrons. The number of benzene rings is 8. The van der Waals surface area contributed by atoms with E-state index < -0.39 is 0 Å². The summed E-state index contributed by atoms with van der Waals surface area (Å²) < 4.78 is 2.57. The van der Waals surface area contributed by atoms with Crippen LogP contribution in [0.15, 0.2) is 200 Å². The van der Waals surface area contributed by atoms with Crippen LogP contribution < -0.4 is 4.90 Å². The molecule has 0 saturated carbocycles. The highest BCUT2D eigenvalue weighted by Crippen LogP contribution is 2.50. The fourth-order valence-electron chi connectivity index (χ4n) is 7.26.